The maximum atomic E-state index is 11.0. The van der Waals surface area contributed by atoms with Crippen LogP contribution in [0.4, 0.5) is 11.4 Å². The van der Waals surface area contributed by atoms with Crippen molar-refractivity contribution in [2.24, 2.45) is 0 Å². The first kappa shape index (κ1) is 17.2. The van der Waals surface area contributed by atoms with Gasteiger partial charge in [-0.1, -0.05) is 0 Å². The Morgan fingerprint density at radius 2 is 1.29 bits per heavy atom. The van der Waals surface area contributed by atoms with E-state index in [2.05, 4.69) is 0 Å². The van der Waals surface area contributed by atoms with Gasteiger partial charge in [-0.25, -0.2) is 0 Å². The first-order valence-corrected chi connectivity index (χ1v) is 6.71. The fourth-order valence-corrected chi connectivity index (χ4v) is 2.40. The normalized spacial score (nSPS) is 11.2. The summed E-state index contributed by atoms with van der Waals surface area (Å²) in [6, 6.07) is 6.66. The first-order valence-electron chi connectivity index (χ1n) is 6.71. The van der Waals surface area contributed by atoms with Gasteiger partial charge in [0.15, 0.2) is 0 Å². The molecule has 0 saturated carbocycles. The van der Waals surface area contributed by atoms with E-state index in [1.165, 1.54) is 14.0 Å². The highest BCUT2D eigenvalue weighted by Gasteiger charge is 2.36. The maximum absolute atomic E-state index is 11.0. The molecule has 0 aliphatic rings. The van der Waals surface area contributed by atoms with Gasteiger partial charge in [-0.2, -0.15) is 0 Å². The molecule has 2 aromatic rings. The molecule has 2 N–H and O–H groups in total. The Morgan fingerprint density at radius 1 is 0.917 bits per heavy atom. The molecule has 2 rings (SSSR count). The molecule has 0 heterocycles. The highest BCUT2D eigenvalue weighted by Crippen LogP contribution is 2.43. The Hall–Kier alpha value is -3.20. The van der Waals surface area contributed by atoms with E-state index in [1.807, 2.05) is 0 Å². The number of non-ortho nitro benzene ring substituents is 2. The Kier molecular flexibility index (Phi) is 4.38. The van der Waals surface area contributed by atoms with E-state index < -0.39 is 15.4 Å². The molecule has 2 aromatic carbocycles. The number of nitro benzene ring substituents is 2. The number of benzene rings is 2. The fraction of sp³-hybridized carbons (Fsp3) is 0.200. The largest absolute Gasteiger partial charge is 0.508 e. The van der Waals surface area contributed by atoms with Crippen molar-refractivity contribution in [3.8, 4) is 11.5 Å². The molecule has 126 valence electrons. The molecule has 0 aliphatic carbocycles. The van der Waals surface area contributed by atoms with Crippen LogP contribution in [0.3, 0.4) is 0 Å². The molecule has 0 unspecified atom stereocenters. The smallest absolute Gasteiger partial charge is 0.270 e. The monoisotopic (exact) mass is 334 g/mol. The number of phenolic OH excluding ortho intramolecular Hbond substituents is 2. The molecule has 9 heteroatoms. The molecule has 0 fully saturated rings. The molecule has 9 nitrogen and oxygen atoms in total. The number of methoxy groups -OCH3 is 1. The van der Waals surface area contributed by atoms with E-state index in [-0.39, 0.29) is 34.0 Å². The van der Waals surface area contributed by atoms with Crippen LogP contribution in [0.5, 0.6) is 11.5 Å². The van der Waals surface area contributed by atoms with Gasteiger partial charge in [0.05, 0.1) is 9.85 Å². The third kappa shape index (κ3) is 2.84. The van der Waals surface area contributed by atoms with Gasteiger partial charge in [0.1, 0.15) is 17.1 Å². The number of aromatic hydroxyl groups is 2. The van der Waals surface area contributed by atoms with Crippen molar-refractivity contribution in [2.45, 2.75) is 12.5 Å². The van der Waals surface area contributed by atoms with Gasteiger partial charge in [-0.15, -0.1) is 0 Å². The summed E-state index contributed by atoms with van der Waals surface area (Å²) < 4.78 is 5.38. The van der Waals surface area contributed by atoms with Crippen LogP contribution in [0, 0.1) is 20.2 Å². The lowest BCUT2D eigenvalue weighted by Gasteiger charge is -2.30. The van der Waals surface area contributed by atoms with Gasteiger partial charge in [0.2, 0.25) is 0 Å². The fourth-order valence-electron chi connectivity index (χ4n) is 2.40. The van der Waals surface area contributed by atoms with Crippen LogP contribution in [-0.4, -0.2) is 27.2 Å². The van der Waals surface area contributed by atoms with Crippen LogP contribution in [0.1, 0.15) is 18.1 Å². The number of phenols is 2. The molecular weight excluding hydrogens is 320 g/mol. The lowest BCUT2D eigenvalue weighted by atomic mass is 9.86. The van der Waals surface area contributed by atoms with Crippen molar-refractivity contribution in [1.82, 2.24) is 0 Å². The van der Waals surface area contributed by atoms with Crippen LogP contribution in [-0.2, 0) is 10.3 Å². The minimum atomic E-state index is -1.55. The molecule has 0 aromatic heterocycles. The molecule has 0 bridgehead atoms. The second-order valence-corrected chi connectivity index (χ2v) is 5.15. The average Bonchev–Trinajstić information content (AvgIpc) is 2.54. The summed E-state index contributed by atoms with van der Waals surface area (Å²) in [6.45, 7) is 1.44. The van der Waals surface area contributed by atoms with Gasteiger partial charge < -0.3 is 14.9 Å². The highest BCUT2D eigenvalue weighted by molar-refractivity contribution is 5.55. The zero-order valence-electron chi connectivity index (χ0n) is 12.8. The highest BCUT2D eigenvalue weighted by atomic mass is 16.6. The maximum Gasteiger partial charge on any atom is 0.270 e. The second-order valence-electron chi connectivity index (χ2n) is 5.15. The molecule has 24 heavy (non-hydrogen) atoms. The predicted molar refractivity (Wildman–Crippen MR) is 83.0 cm³/mol. The molecular formula is C15H14N2O7. The topological polar surface area (TPSA) is 136 Å². The van der Waals surface area contributed by atoms with Crippen molar-refractivity contribution < 1.29 is 24.8 Å². The van der Waals surface area contributed by atoms with Crippen LogP contribution in [0.25, 0.3) is 0 Å². The molecule has 0 saturated heterocycles. The van der Waals surface area contributed by atoms with Crippen molar-refractivity contribution in [1.29, 1.82) is 0 Å². The summed E-state index contributed by atoms with van der Waals surface area (Å²) >= 11 is 0. The molecule has 0 aliphatic heterocycles. The van der Waals surface area contributed by atoms with Gasteiger partial charge in [0.25, 0.3) is 11.4 Å². The minimum absolute atomic E-state index is 0.00463. The van der Waals surface area contributed by atoms with E-state index in [1.54, 1.807) is 0 Å². The van der Waals surface area contributed by atoms with E-state index in [9.17, 15) is 30.4 Å². The van der Waals surface area contributed by atoms with Crippen LogP contribution >= 0.6 is 0 Å². The lowest BCUT2D eigenvalue weighted by molar-refractivity contribution is -0.385. The predicted octanol–water partition coefficient (Wildman–Crippen LogP) is 2.82. The van der Waals surface area contributed by atoms with Crippen molar-refractivity contribution in [3.05, 3.63) is 67.8 Å². The van der Waals surface area contributed by atoms with Gasteiger partial charge >= 0.3 is 0 Å². The quantitative estimate of drug-likeness (QED) is 0.633. The summed E-state index contributed by atoms with van der Waals surface area (Å²) in [5.74, 6) is -0.619. The third-order valence-electron chi connectivity index (χ3n) is 3.82. The van der Waals surface area contributed by atoms with Crippen LogP contribution < -0.4 is 0 Å². The van der Waals surface area contributed by atoms with Gasteiger partial charge in [0, 0.05) is 42.5 Å². The Labute approximate surface area is 136 Å². The number of ether oxygens (including phenoxy) is 1. The molecule has 0 amide bonds. The summed E-state index contributed by atoms with van der Waals surface area (Å²) in [5, 5.41) is 42.1. The molecule has 0 spiro atoms. The van der Waals surface area contributed by atoms with Gasteiger partial charge in [-0.05, 0) is 19.1 Å². The summed E-state index contributed by atoms with van der Waals surface area (Å²) in [4.78, 5) is 20.6. The van der Waals surface area contributed by atoms with Crippen molar-refractivity contribution in [2.75, 3.05) is 7.11 Å². The average molecular weight is 334 g/mol. The number of nitro groups is 2. The van der Waals surface area contributed by atoms with Crippen molar-refractivity contribution in [3.63, 3.8) is 0 Å². The number of hydrogen-bond donors (Lipinski definition) is 2. The SMILES string of the molecule is COC(C)(c1cc([N+](=O)[O-])ccc1O)c1cc([N+](=O)[O-])ccc1O. The lowest BCUT2D eigenvalue weighted by Crippen LogP contribution is -2.26. The zero-order valence-corrected chi connectivity index (χ0v) is 12.8. The number of nitrogens with zero attached hydrogens (tertiary/aromatic N) is 2. The summed E-state index contributed by atoms with van der Waals surface area (Å²) in [7, 11) is 1.26. The van der Waals surface area contributed by atoms with Crippen LogP contribution in [0.15, 0.2) is 36.4 Å². The number of rotatable bonds is 5. The minimum Gasteiger partial charge on any atom is -0.508 e. The zero-order chi connectivity index (χ0) is 18.1. The number of hydrogen-bond acceptors (Lipinski definition) is 7. The standard InChI is InChI=1S/C15H14N2O7/c1-15(24-2,11-7-9(16(20)21)3-5-13(11)18)12-8-10(17(22)23)4-6-14(12)19/h3-8,18-19H,1-2H3. The Morgan fingerprint density at radius 3 is 1.58 bits per heavy atom. The first-order chi connectivity index (χ1) is 11.2. The van der Waals surface area contributed by atoms with Crippen LogP contribution in [0.2, 0.25) is 0 Å². The third-order valence-corrected chi connectivity index (χ3v) is 3.82. The Bertz CT molecular complexity index is 756. The molecule has 0 atom stereocenters. The van der Waals surface area contributed by atoms with E-state index in [0.29, 0.717) is 0 Å². The summed E-state index contributed by atoms with van der Waals surface area (Å²) in [6.07, 6.45) is 0. The summed E-state index contributed by atoms with van der Waals surface area (Å²) in [5.41, 5.74) is -2.15. The van der Waals surface area contributed by atoms with E-state index in [4.69, 9.17) is 4.74 Å². The van der Waals surface area contributed by atoms with E-state index >= 15 is 0 Å². The second kappa shape index (κ2) is 6.13. The van der Waals surface area contributed by atoms with Gasteiger partial charge in [-0.3, -0.25) is 20.2 Å². The van der Waals surface area contributed by atoms with Crippen molar-refractivity contribution >= 4 is 11.4 Å². The Balaban J connectivity index is 2.74. The van der Waals surface area contributed by atoms with E-state index in [0.717, 1.165) is 36.4 Å². The molecule has 0 radical (unpaired) electrons.